The maximum absolute atomic E-state index is 13.5. The lowest BCUT2D eigenvalue weighted by Crippen LogP contribution is -2.52. The largest absolute Gasteiger partial charge is 0.444 e. The van der Waals surface area contributed by atoms with Crippen LogP contribution in [0.15, 0.2) is 60.7 Å². The molecule has 0 aromatic heterocycles. The number of nitrogens with one attached hydrogen (secondary N) is 1. The minimum Gasteiger partial charge on any atom is -0.444 e. The summed E-state index contributed by atoms with van der Waals surface area (Å²) in [5.41, 5.74) is 0.413. The SMILES string of the molecule is CC(C)(C)OC(=O)NC[C@@H]1[C@@H](OCc2ccccc2)[C@H](OCc2ccccc2)[C@H](CO)N1C(=O)OC(C)(C)C. The van der Waals surface area contributed by atoms with Crippen molar-refractivity contribution in [2.45, 2.75) is 90.2 Å². The van der Waals surface area contributed by atoms with E-state index in [2.05, 4.69) is 5.32 Å². The molecule has 0 unspecified atom stereocenters. The molecule has 1 heterocycles. The summed E-state index contributed by atoms with van der Waals surface area (Å²) in [6.07, 6.45) is -2.63. The number of hydrogen-bond donors (Lipinski definition) is 2. The lowest BCUT2D eigenvalue weighted by Gasteiger charge is -2.33. The van der Waals surface area contributed by atoms with Crippen molar-refractivity contribution in [3.63, 3.8) is 0 Å². The topological polar surface area (TPSA) is 107 Å². The number of carbonyl (C=O) groups is 2. The quantitative estimate of drug-likeness (QED) is 0.475. The third-order valence-electron chi connectivity index (χ3n) is 6.01. The summed E-state index contributed by atoms with van der Waals surface area (Å²) in [7, 11) is 0. The predicted octanol–water partition coefficient (Wildman–Crippen LogP) is 4.66. The maximum atomic E-state index is 13.5. The van der Waals surface area contributed by atoms with Crippen LogP contribution in [0.3, 0.4) is 0 Å². The van der Waals surface area contributed by atoms with Crippen LogP contribution >= 0.6 is 0 Å². The number of benzene rings is 2. The molecule has 1 aliphatic rings. The zero-order valence-corrected chi connectivity index (χ0v) is 23.8. The zero-order valence-electron chi connectivity index (χ0n) is 23.8. The molecule has 3 rings (SSSR count). The smallest absolute Gasteiger partial charge is 0.411 e. The van der Waals surface area contributed by atoms with Crippen LogP contribution in [-0.2, 0) is 32.2 Å². The Morgan fingerprint density at radius 2 is 1.23 bits per heavy atom. The van der Waals surface area contributed by atoms with Gasteiger partial charge in [0.15, 0.2) is 0 Å². The highest BCUT2D eigenvalue weighted by Crippen LogP contribution is 2.33. The van der Waals surface area contributed by atoms with Crippen LogP contribution in [-0.4, -0.2) is 70.8 Å². The third kappa shape index (κ3) is 9.23. The molecule has 4 atom stereocenters. The van der Waals surface area contributed by atoms with Crippen LogP contribution in [0, 0.1) is 0 Å². The van der Waals surface area contributed by atoms with E-state index in [0.717, 1.165) is 11.1 Å². The van der Waals surface area contributed by atoms with Crippen LogP contribution in [0.25, 0.3) is 0 Å². The van der Waals surface area contributed by atoms with Gasteiger partial charge in [-0.1, -0.05) is 60.7 Å². The molecule has 1 saturated heterocycles. The molecule has 2 aromatic carbocycles. The summed E-state index contributed by atoms with van der Waals surface area (Å²) in [6, 6.07) is 17.8. The number of aliphatic hydroxyl groups excluding tert-OH is 1. The standard InChI is InChI=1S/C30H42N2O7/c1-29(2,3)38-27(34)31-17-23-25(36-19-21-13-9-7-10-14-21)26(37-20-22-15-11-8-12-16-22)24(18-33)32(23)28(35)39-30(4,5)6/h7-16,23-26,33H,17-20H2,1-6H3,(H,31,34)/t23-,24+,25-,26-/m1/s1. The number of carbonyl (C=O) groups excluding carboxylic acids is 2. The Labute approximate surface area is 231 Å². The number of ether oxygens (including phenoxy) is 4. The summed E-state index contributed by atoms with van der Waals surface area (Å²) >= 11 is 0. The lowest BCUT2D eigenvalue weighted by atomic mass is 10.1. The third-order valence-corrected chi connectivity index (χ3v) is 6.01. The molecule has 2 N–H and O–H groups in total. The van der Waals surface area contributed by atoms with E-state index in [0.29, 0.717) is 0 Å². The number of hydrogen-bond acceptors (Lipinski definition) is 7. The highest BCUT2D eigenvalue weighted by Gasteiger charge is 2.53. The molecule has 39 heavy (non-hydrogen) atoms. The Hall–Kier alpha value is -3.14. The van der Waals surface area contributed by atoms with E-state index in [4.69, 9.17) is 18.9 Å². The normalized spacial score (nSPS) is 21.5. The summed E-state index contributed by atoms with van der Waals surface area (Å²) < 4.78 is 23.9. The van der Waals surface area contributed by atoms with Crippen molar-refractivity contribution in [3.8, 4) is 0 Å². The van der Waals surface area contributed by atoms with E-state index >= 15 is 0 Å². The Bertz CT molecular complexity index is 1050. The molecule has 0 radical (unpaired) electrons. The fraction of sp³-hybridized carbons (Fsp3) is 0.533. The van der Waals surface area contributed by atoms with E-state index in [1.165, 1.54) is 4.90 Å². The van der Waals surface area contributed by atoms with E-state index in [9.17, 15) is 14.7 Å². The van der Waals surface area contributed by atoms with Crippen molar-refractivity contribution in [3.05, 3.63) is 71.8 Å². The van der Waals surface area contributed by atoms with Gasteiger partial charge in [0.2, 0.25) is 0 Å². The van der Waals surface area contributed by atoms with Gasteiger partial charge in [0.1, 0.15) is 23.4 Å². The molecule has 1 aliphatic heterocycles. The van der Waals surface area contributed by atoms with Gasteiger partial charge in [-0.15, -0.1) is 0 Å². The summed E-state index contributed by atoms with van der Waals surface area (Å²) in [5, 5.41) is 13.3. The minimum absolute atomic E-state index is 0.00924. The molecule has 9 heteroatoms. The molecule has 214 valence electrons. The van der Waals surface area contributed by atoms with Gasteiger partial charge in [-0.25, -0.2) is 9.59 Å². The molecular formula is C30H42N2O7. The highest BCUT2D eigenvalue weighted by molar-refractivity contribution is 5.71. The number of aliphatic hydroxyl groups is 1. The Morgan fingerprint density at radius 1 is 0.769 bits per heavy atom. The Kier molecular flexibility index (Phi) is 10.4. The number of rotatable bonds is 9. The molecule has 0 saturated carbocycles. The second-order valence-corrected chi connectivity index (χ2v) is 11.6. The number of amides is 2. The fourth-order valence-electron chi connectivity index (χ4n) is 4.44. The van der Waals surface area contributed by atoms with Gasteiger partial charge in [0.25, 0.3) is 0 Å². The molecule has 0 spiro atoms. The van der Waals surface area contributed by atoms with Gasteiger partial charge < -0.3 is 29.4 Å². The van der Waals surface area contributed by atoms with Gasteiger partial charge in [0.05, 0.1) is 31.9 Å². The van der Waals surface area contributed by atoms with Gasteiger partial charge in [-0.3, -0.25) is 4.90 Å². The second-order valence-electron chi connectivity index (χ2n) is 11.6. The number of alkyl carbamates (subject to hydrolysis) is 1. The van der Waals surface area contributed by atoms with Crippen molar-refractivity contribution in [1.82, 2.24) is 10.2 Å². The van der Waals surface area contributed by atoms with E-state index < -0.39 is 47.7 Å². The van der Waals surface area contributed by atoms with Crippen molar-refractivity contribution >= 4 is 12.2 Å². The molecule has 0 aliphatic carbocycles. The average molecular weight is 543 g/mol. The van der Waals surface area contributed by atoms with Crippen molar-refractivity contribution in [2.75, 3.05) is 13.2 Å². The zero-order chi connectivity index (χ0) is 28.6. The molecule has 9 nitrogen and oxygen atoms in total. The van der Waals surface area contributed by atoms with Crippen molar-refractivity contribution in [1.29, 1.82) is 0 Å². The van der Waals surface area contributed by atoms with Crippen LogP contribution in [0.5, 0.6) is 0 Å². The van der Waals surface area contributed by atoms with E-state index in [-0.39, 0.29) is 26.4 Å². The van der Waals surface area contributed by atoms with E-state index in [1.54, 1.807) is 41.5 Å². The number of likely N-dealkylation sites (tertiary alicyclic amines) is 1. The Morgan fingerprint density at radius 3 is 1.67 bits per heavy atom. The molecule has 1 fully saturated rings. The minimum atomic E-state index is -0.774. The fourth-order valence-corrected chi connectivity index (χ4v) is 4.44. The van der Waals surface area contributed by atoms with Gasteiger partial charge in [-0.05, 0) is 52.7 Å². The molecule has 2 aromatic rings. The number of nitrogens with zero attached hydrogens (tertiary/aromatic N) is 1. The van der Waals surface area contributed by atoms with Crippen LogP contribution in [0.1, 0.15) is 52.7 Å². The second kappa shape index (κ2) is 13.3. The van der Waals surface area contributed by atoms with Crippen LogP contribution in [0.2, 0.25) is 0 Å². The molecule has 2 amide bonds. The first-order chi connectivity index (χ1) is 18.4. The van der Waals surface area contributed by atoms with Gasteiger partial charge in [-0.2, -0.15) is 0 Å². The molecular weight excluding hydrogens is 500 g/mol. The van der Waals surface area contributed by atoms with Crippen molar-refractivity contribution < 1.29 is 33.6 Å². The van der Waals surface area contributed by atoms with Gasteiger partial charge in [0, 0.05) is 6.54 Å². The summed E-state index contributed by atoms with van der Waals surface area (Å²) in [5.74, 6) is 0. The van der Waals surface area contributed by atoms with E-state index in [1.807, 2.05) is 60.7 Å². The maximum Gasteiger partial charge on any atom is 0.411 e. The van der Waals surface area contributed by atoms with Crippen molar-refractivity contribution in [2.24, 2.45) is 0 Å². The summed E-state index contributed by atoms with van der Waals surface area (Å²) in [6.45, 7) is 10.8. The predicted molar refractivity (Wildman–Crippen MR) is 147 cm³/mol. The monoisotopic (exact) mass is 542 g/mol. The first-order valence-corrected chi connectivity index (χ1v) is 13.3. The highest BCUT2D eigenvalue weighted by atomic mass is 16.6. The van der Waals surface area contributed by atoms with Crippen LogP contribution < -0.4 is 5.32 Å². The first kappa shape index (κ1) is 30.4. The first-order valence-electron chi connectivity index (χ1n) is 13.3. The average Bonchev–Trinajstić information content (AvgIpc) is 3.16. The Balaban J connectivity index is 1.93. The van der Waals surface area contributed by atoms with Gasteiger partial charge >= 0.3 is 12.2 Å². The molecule has 0 bridgehead atoms. The summed E-state index contributed by atoms with van der Waals surface area (Å²) in [4.78, 5) is 27.5. The lowest BCUT2D eigenvalue weighted by molar-refractivity contribution is -0.0823. The van der Waals surface area contributed by atoms with Crippen LogP contribution in [0.4, 0.5) is 9.59 Å².